The van der Waals surface area contributed by atoms with Crippen LogP contribution in [0.25, 0.3) is 11.0 Å². The van der Waals surface area contributed by atoms with Crippen molar-refractivity contribution in [3.05, 3.63) is 58.0 Å². The predicted octanol–water partition coefficient (Wildman–Crippen LogP) is 2.05. The molecule has 0 aliphatic rings. The molecule has 8 heteroatoms. The first-order chi connectivity index (χ1) is 12.3. The van der Waals surface area contributed by atoms with E-state index in [2.05, 4.69) is 15.3 Å². The lowest BCUT2D eigenvalue weighted by molar-refractivity contribution is -0.123. The lowest BCUT2D eigenvalue weighted by Crippen LogP contribution is -2.30. The molecule has 26 heavy (non-hydrogen) atoms. The molecule has 0 unspecified atom stereocenters. The van der Waals surface area contributed by atoms with Gasteiger partial charge in [-0.05, 0) is 44.2 Å². The van der Waals surface area contributed by atoms with Crippen LogP contribution in [0, 0.1) is 6.92 Å². The Labute approximate surface area is 147 Å². The summed E-state index contributed by atoms with van der Waals surface area (Å²) in [4.78, 5) is 40.8. The topological polar surface area (TPSA) is 124 Å². The van der Waals surface area contributed by atoms with Crippen molar-refractivity contribution >= 4 is 28.6 Å². The Balaban J connectivity index is 1.69. The standard InChI is InChI=1S/C18H17N3O5/c1-9-3-6-15(22)12(7-9)17(24)26-10(2)16(23)19-11-4-5-13-14(8-11)21-18(25)20-13/h3-8,10,22H,1-2H3,(H,19,23)(H2,20,21,25)/t10-/m1/s1. The van der Waals surface area contributed by atoms with Crippen LogP contribution in [0.5, 0.6) is 5.75 Å². The lowest BCUT2D eigenvalue weighted by atomic mass is 10.1. The van der Waals surface area contributed by atoms with E-state index in [-0.39, 0.29) is 17.0 Å². The molecule has 2 aromatic carbocycles. The maximum atomic E-state index is 12.2. The van der Waals surface area contributed by atoms with E-state index in [4.69, 9.17) is 4.74 Å². The highest BCUT2D eigenvalue weighted by Gasteiger charge is 2.21. The maximum absolute atomic E-state index is 12.2. The van der Waals surface area contributed by atoms with Gasteiger partial charge < -0.3 is 25.1 Å². The summed E-state index contributed by atoms with van der Waals surface area (Å²) < 4.78 is 5.12. The van der Waals surface area contributed by atoms with Gasteiger partial charge in [0.25, 0.3) is 5.91 Å². The first kappa shape index (κ1) is 17.3. The van der Waals surface area contributed by atoms with Crippen molar-refractivity contribution in [2.24, 2.45) is 0 Å². The van der Waals surface area contributed by atoms with Crippen molar-refractivity contribution in [3.63, 3.8) is 0 Å². The molecule has 4 N–H and O–H groups in total. The maximum Gasteiger partial charge on any atom is 0.342 e. The molecule has 0 aliphatic carbocycles. The Morgan fingerprint density at radius 1 is 1.12 bits per heavy atom. The second kappa shape index (κ2) is 6.75. The molecule has 0 saturated carbocycles. The number of fused-ring (bicyclic) bond motifs is 1. The minimum atomic E-state index is -1.08. The summed E-state index contributed by atoms with van der Waals surface area (Å²) in [5.41, 5.74) is 2.03. The molecule has 0 bridgehead atoms. The van der Waals surface area contributed by atoms with Gasteiger partial charge in [-0.15, -0.1) is 0 Å². The lowest BCUT2D eigenvalue weighted by Gasteiger charge is -2.14. The quantitative estimate of drug-likeness (QED) is 0.533. The van der Waals surface area contributed by atoms with Crippen molar-refractivity contribution in [2.75, 3.05) is 5.32 Å². The minimum absolute atomic E-state index is 0.00373. The van der Waals surface area contributed by atoms with Gasteiger partial charge in [-0.25, -0.2) is 9.59 Å². The van der Waals surface area contributed by atoms with E-state index in [1.54, 1.807) is 31.2 Å². The van der Waals surface area contributed by atoms with Crippen LogP contribution in [0.4, 0.5) is 5.69 Å². The number of aromatic hydroxyl groups is 1. The molecule has 1 heterocycles. The van der Waals surface area contributed by atoms with Crippen molar-refractivity contribution < 1.29 is 19.4 Å². The van der Waals surface area contributed by atoms with E-state index in [9.17, 15) is 19.5 Å². The van der Waals surface area contributed by atoms with Crippen LogP contribution in [0.1, 0.15) is 22.8 Å². The molecule has 0 radical (unpaired) electrons. The molecule has 134 valence electrons. The number of carbonyl (C=O) groups excluding carboxylic acids is 2. The predicted molar refractivity (Wildman–Crippen MR) is 95.3 cm³/mol. The Bertz CT molecular complexity index is 1050. The van der Waals surface area contributed by atoms with Crippen molar-refractivity contribution in [2.45, 2.75) is 20.0 Å². The number of phenolic OH excluding ortho intramolecular Hbond substituents is 1. The van der Waals surface area contributed by atoms with Gasteiger partial charge in [0, 0.05) is 5.69 Å². The van der Waals surface area contributed by atoms with Gasteiger partial charge in [0.1, 0.15) is 11.3 Å². The Kier molecular flexibility index (Phi) is 4.49. The summed E-state index contributed by atoms with van der Waals surface area (Å²) in [5, 5.41) is 12.4. The second-order valence-corrected chi connectivity index (χ2v) is 5.90. The third kappa shape index (κ3) is 3.59. The summed E-state index contributed by atoms with van der Waals surface area (Å²) in [6.45, 7) is 3.20. The number of aryl methyl sites for hydroxylation is 1. The number of benzene rings is 2. The zero-order chi connectivity index (χ0) is 18.8. The molecular weight excluding hydrogens is 338 g/mol. The van der Waals surface area contributed by atoms with Crippen molar-refractivity contribution in [1.29, 1.82) is 0 Å². The van der Waals surface area contributed by atoms with E-state index in [0.717, 1.165) is 5.56 Å². The molecule has 8 nitrogen and oxygen atoms in total. The first-order valence-corrected chi connectivity index (χ1v) is 7.87. The number of nitrogens with one attached hydrogen (secondary N) is 3. The molecule has 1 amide bonds. The van der Waals surface area contributed by atoms with E-state index in [1.807, 2.05) is 0 Å². The number of ether oxygens (including phenoxy) is 1. The number of esters is 1. The zero-order valence-electron chi connectivity index (χ0n) is 14.1. The van der Waals surface area contributed by atoms with Gasteiger partial charge in [-0.1, -0.05) is 11.6 Å². The zero-order valence-corrected chi connectivity index (χ0v) is 14.1. The summed E-state index contributed by atoms with van der Waals surface area (Å²) in [6, 6.07) is 9.38. The van der Waals surface area contributed by atoms with Crippen LogP contribution in [0.3, 0.4) is 0 Å². The van der Waals surface area contributed by atoms with Gasteiger partial charge in [-0.3, -0.25) is 4.79 Å². The Morgan fingerprint density at radius 3 is 2.62 bits per heavy atom. The molecular formula is C18H17N3O5. The summed E-state index contributed by atoms with van der Waals surface area (Å²) >= 11 is 0. The average Bonchev–Trinajstić information content (AvgIpc) is 2.96. The van der Waals surface area contributed by atoms with Crippen LogP contribution in [-0.4, -0.2) is 33.1 Å². The van der Waals surface area contributed by atoms with Crippen LogP contribution >= 0.6 is 0 Å². The minimum Gasteiger partial charge on any atom is -0.507 e. The van der Waals surface area contributed by atoms with Crippen LogP contribution in [0.2, 0.25) is 0 Å². The molecule has 1 atom stereocenters. The van der Waals surface area contributed by atoms with Crippen molar-refractivity contribution in [1.82, 2.24) is 9.97 Å². The molecule has 0 aliphatic heterocycles. The second-order valence-electron chi connectivity index (χ2n) is 5.90. The fourth-order valence-corrected chi connectivity index (χ4v) is 2.45. The average molecular weight is 355 g/mol. The fraction of sp³-hybridized carbons (Fsp3) is 0.167. The van der Waals surface area contributed by atoms with E-state index < -0.39 is 18.0 Å². The van der Waals surface area contributed by atoms with E-state index >= 15 is 0 Å². The molecule has 3 rings (SSSR count). The summed E-state index contributed by atoms with van der Waals surface area (Å²) in [7, 11) is 0. The molecule has 0 spiro atoms. The van der Waals surface area contributed by atoms with Gasteiger partial charge in [0.15, 0.2) is 6.10 Å². The normalized spacial score (nSPS) is 11.9. The van der Waals surface area contributed by atoms with Crippen LogP contribution in [0.15, 0.2) is 41.2 Å². The number of imidazole rings is 1. The van der Waals surface area contributed by atoms with Crippen LogP contribution in [-0.2, 0) is 9.53 Å². The Morgan fingerprint density at radius 2 is 1.85 bits per heavy atom. The monoisotopic (exact) mass is 355 g/mol. The smallest absolute Gasteiger partial charge is 0.342 e. The number of anilines is 1. The van der Waals surface area contributed by atoms with E-state index in [1.165, 1.54) is 19.1 Å². The summed E-state index contributed by atoms with van der Waals surface area (Å²) in [6.07, 6.45) is -1.08. The fourth-order valence-electron chi connectivity index (χ4n) is 2.45. The number of H-pyrrole nitrogens is 2. The number of aromatic nitrogens is 2. The highest BCUT2D eigenvalue weighted by Crippen LogP contribution is 2.20. The van der Waals surface area contributed by atoms with Crippen molar-refractivity contribution in [3.8, 4) is 5.75 Å². The number of aromatic amines is 2. The molecule has 0 saturated heterocycles. The number of hydrogen-bond donors (Lipinski definition) is 4. The number of carbonyl (C=O) groups is 2. The largest absolute Gasteiger partial charge is 0.507 e. The molecule has 3 aromatic rings. The van der Waals surface area contributed by atoms with E-state index in [0.29, 0.717) is 16.7 Å². The number of hydrogen-bond acceptors (Lipinski definition) is 5. The SMILES string of the molecule is Cc1ccc(O)c(C(=O)O[C@H](C)C(=O)Nc2ccc3[nH]c(=O)[nH]c3c2)c1. The Hall–Kier alpha value is -3.55. The summed E-state index contributed by atoms with van der Waals surface area (Å²) in [5.74, 6) is -1.54. The molecule has 1 aromatic heterocycles. The van der Waals surface area contributed by atoms with Gasteiger partial charge in [-0.2, -0.15) is 0 Å². The van der Waals surface area contributed by atoms with Crippen LogP contribution < -0.4 is 11.0 Å². The number of phenols is 1. The highest BCUT2D eigenvalue weighted by atomic mass is 16.5. The third-order valence-electron chi connectivity index (χ3n) is 3.81. The van der Waals surface area contributed by atoms with Gasteiger partial charge in [0.05, 0.1) is 11.0 Å². The van der Waals surface area contributed by atoms with Gasteiger partial charge >= 0.3 is 11.7 Å². The van der Waals surface area contributed by atoms with Gasteiger partial charge in [0.2, 0.25) is 0 Å². The first-order valence-electron chi connectivity index (χ1n) is 7.87. The molecule has 0 fully saturated rings. The third-order valence-corrected chi connectivity index (χ3v) is 3.81. The highest BCUT2D eigenvalue weighted by molar-refractivity contribution is 5.99. The number of rotatable bonds is 4. The number of amides is 1.